The molecule has 0 bridgehead atoms. The van der Waals surface area contributed by atoms with Crippen molar-refractivity contribution in [2.24, 2.45) is 0 Å². The molecule has 0 radical (unpaired) electrons. The molecule has 0 saturated heterocycles. The predicted molar refractivity (Wildman–Crippen MR) is 107 cm³/mol. The first kappa shape index (κ1) is 18.1. The van der Waals surface area contributed by atoms with Crippen LogP contribution in [0.3, 0.4) is 0 Å². The topological polar surface area (TPSA) is 48.2 Å². The van der Waals surface area contributed by atoms with Gasteiger partial charge >= 0.3 is 0 Å². The van der Waals surface area contributed by atoms with Crippen molar-refractivity contribution < 1.29 is 9.15 Å². The lowest BCUT2D eigenvalue weighted by atomic mass is 10.1. The molecule has 0 spiro atoms. The van der Waals surface area contributed by atoms with E-state index in [-0.39, 0.29) is 6.61 Å². The molecular formula is C20H13Cl3N2O2. The number of ether oxygens (including phenoxy) is 1. The van der Waals surface area contributed by atoms with Gasteiger partial charge in [0.2, 0.25) is 5.89 Å². The van der Waals surface area contributed by atoms with Crippen molar-refractivity contribution >= 4 is 45.6 Å². The van der Waals surface area contributed by atoms with Crippen LogP contribution in [-0.4, -0.2) is 10.2 Å². The summed E-state index contributed by atoms with van der Waals surface area (Å²) < 4.78 is 11.3. The Morgan fingerprint density at radius 3 is 2.30 bits per heavy atom. The third-order valence-corrected chi connectivity index (χ3v) is 4.76. The fourth-order valence-electron chi connectivity index (χ4n) is 2.74. The summed E-state index contributed by atoms with van der Waals surface area (Å²) in [6, 6.07) is 17.5. The smallest absolute Gasteiger partial charge is 0.253 e. The van der Waals surface area contributed by atoms with Gasteiger partial charge in [0.15, 0.2) is 12.4 Å². The van der Waals surface area contributed by atoms with E-state index in [1.807, 2.05) is 12.1 Å². The predicted octanol–water partition coefficient (Wildman–Crippen LogP) is 6.35. The lowest BCUT2D eigenvalue weighted by Gasteiger charge is -2.08. The molecule has 0 saturated carbocycles. The van der Waals surface area contributed by atoms with Crippen molar-refractivity contribution in [3.63, 3.8) is 0 Å². The van der Waals surface area contributed by atoms with E-state index in [1.54, 1.807) is 12.1 Å². The van der Waals surface area contributed by atoms with Crippen LogP contribution in [0.25, 0.3) is 10.8 Å². The van der Waals surface area contributed by atoms with Gasteiger partial charge in [-0.05, 0) is 28.5 Å². The van der Waals surface area contributed by atoms with Gasteiger partial charge in [-0.25, -0.2) is 0 Å². The summed E-state index contributed by atoms with van der Waals surface area (Å²) in [6.45, 7) is 0.0613. The summed E-state index contributed by atoms with van der Waals surface area (Å²) in [7, 11) is 0. The summed E-state index contributed by atoms with van der Waals surface area (Å²) >= 11 is 18.1. The number of hydrogen-bond donors (Lipinski definition) is 0. The molecule has 136 valence electrons. The third kappa shape index (κ3) is 4.19. The first-order valence-corrected chi connectivity index (χ1v) is 9.28. The minimum Gasteiger partial charge on any atom is -0.481 e. The van der Waals surface area contributed by atoms with Crippen LogP contribution in [0, 0.1) is 0 Å². The molecule has 0 aliphatic rings. The van der Waals surface area contributed by atoms with Crippen molar-refractivity contribution in [1.82, 2.24) is 10.2 Å². The zero-order valence-electron chi connectivity index (χ0n) is 14.0. The average molecular weight is 420 g/mol. The number of halogens is 3. The van der Waals surface area contributed by atoms with E-state index < -0.39 is 0 Å². The lowest BCUT2D eigenvalue weighted by molar-refractivity contribution is 0.260. The van der Waals surface area contributed by atoms with Gasteiger partial charge in [0.1, 0.15) is 0 Å². The molecular weight excluding hydrogens is 407 g/mol. The number of hydrogen-bond acceptors (Lipinski definition) is 4. The lowest BCUT2D eigenvalue weighted by Crippen LogP contribution is -1.97. The second-order valence-electron chi connectivity index (χ2n) is 5.94. The second-order valence-corrected chi connectivity index (χ2v) is 7.19. The quantitative estimate of drug-likeness (QED) is 0.378. The molecule has 0 unspecified atom stereocenters. The first-order chi connectivity index (χ1) is 13.1. The third-order valence-electron chi connectivity index (χ3n) is 3.98. The highest BCUT2D eigenvalue weighted by Crippen LogP contribution is 2.36. The minimum atomic E-state index is 0.0613. The minimum absolute atomic E-state index is 0.0613. The molecule has 0 aliphatic heterocycles. The Morgan fingerprint density at radius 1 is 0.815 bits per heavy atom. The molecule has 1 heterocycles. The van der Waals surface area contributed by atoms with E-state index in [1.165, 1.54) is 10.8 Å². The van der Waals surface area contributed by atoms with Crippen LogP contribution in [0.15, 0.2) is 59.0 Å². The summed E-state index contributed by atoms with van der Waals surface area (Å²) in [5.41, 5.74) is 1.09. The van der Waals surface area contributed by atoms with Crippen LogP contribution in [0.2, 0.25) is 15.1 Å². The van der Waals surface area contributed by atoms with E-state index in [4.69, 9.17) is 44.0 Å². The molecule has 1 aromatic heterocycles. The largest absolute Gasteiger partial charge is 0.481 e. The Morgan fingerprint density at radius 2 is 1.52 bits per heavy atom. The highest BCUT2D eigenvalue weighted by molar-refractivity contribution is 6.40. The van der Waals surface area contributed by atoms with Gasteiger partial charge in [-0.15, -0.1) is 10.2 Å². The van der Waals surface area contributed by atoms with Crippen LogP contribution in [0.1, 0.15) is 17.3 Å². The fourth-order valence-corrected chi connectivity index (χ4v) is 3.67. The molecule has 7 heteroatoms. The van der Waals surface area contributed by atoms with Gasteiger partial charge < -0.3 is 9.15 Å². The van der Waals surface area contributed by atoms with Crippen molar-refractivity contribution in [3.05, 3.63) is 87.0 Å². The normalized spacial score (nSPS) is 11.1. The van der Waals surface area contributed by atoms with Crippen molar-refractivity contribution in [2.45, 2.75) is 13.0 Å². The highest BCUT2D eigenvalue weighted by Gasteiger charge is 2.13. The summed E-state index contributed by atoms with van der Waals surface area (Å²) in [5.74, 6) is 1.18. The zero-order chi connectivity index (χ0) is 18.8. The van der Waals surface area contributed by atoms with Crippen LogP contribution in [-0.2, 0) is 13.0 Å². The maximum Gasteiger partial charge on any atom is 0.253 e. The van der Waals surface area contributed by atoms with Gasteiger partial charge in [0, 0.05) is 5.02 Å². The maximum absolute atomic E-state index is 6.10. The van der Waals surface area contributed by atoms with Crippen molar-refractivity contribution in [2.75, 3.05) is 0 Å². The van der Waals surface area contributed by atoms with Crippen molar-refractivity contribution in [1.29, 1.82) is 0 Å². The van der Waals surface area contributed by atoms with E-state index in [0.29, 0.717) is 39.0 Å². The maximum atomic E-state index is 6.10. The fraction of sp³-hybridized carbons (Fsp3) is 0.100. The van der Waals surface area contributed by atoms with Crippen molar-refractivity contribution in [3.8, 4) is 5.75 Å². The van der Waals surface area contributed by atoms with Crippen LogP contribution in [0.5, 0.6) is 5.75 Å². The molecule has 0 aliphatic carbocycles. The molecule has 0 fully saturated rings. The highest BCUT2D eigenvalue weighted by atomic mass is 35.5. The Kier molecular flexibility index (Phi) is 5.21. The summed E-state index contributed by atoms with van der Waals surface area (Å²) in [6.07, 6.45) is 0.542. The molecule has 4 rings (SSSR count). The average Bonchev–Trinajstić information content (AvgIpc) is 3.08. The molecule has 0 atom stereocenters. The number of rotatable bonds is 5. The Hall–Kier alpha value is -2.27. The van der Waals surface area contributed by atoms with Gasteiger partial charge in [-0.2, -0.15) is 0 Å². The Balaban J connectivity index is 1.45. The number of aromatic nitrogens is 2. The standard InChI is InChI=1S/C20H13Cl3N2O2/c21-15-9-16(22)20(17(23)10-15)26-11-19-25-24-18(27-19)8-12-5-6-13-3-1-2-4-14(13)7-12/h1-7,9-10H,8,11H2. The van der Waals surface area contributed by atoms with Crippen LogP contribution in [0.4, 0.5) is 0 Å². The van der Waals surface area contributed by atoms with Gasteiger partial charge in [0.25, 0.3) is 5.89 Å². The van der Waals surface area contributed by atoms with E-state index in [9.17, 15) is 0 Å². The number of benzene rings is 3. The van der Waals surface area contributed by atoms with Gasteiger partial charge in [-0.1, -0.05) is 77.3 Å². The first-order valence-electron chi connectivity index (χ1n) is 8.15. The van der Waals surface area contributed by atoms with Gasteiger partial charge in [-0.3, -0.25) is 0 Å². The molecule has 0 N–H and O–H groups in total. The molecule has 27 heavy (non-hydrogen) atoms. The van der Waals surface area contributed by atoms with E-state index in [2.05, 4.69) is 40.5 Å². The Labute approximate surface area is 170 Å². The monoisotopic (exact) mass is 418 g/mol. The van der Waals surface area contributed by atoms with Gasteiger partial charge in [0.05, 0.1) is 16.5 Å². The second kappa shape index (κ2) is 7.77. The number of nitrogens with zero attached hydrogens (tertiary/aromatic N) is 2. The summed E-state index contributed by atoms with van der Waals surface area (Å²) in [4.78, 5) is 0. The van der Waals surface area contributed by atoms with Crippen LogP contribution >= 0.6 is 34.8 Å². The zero-order valence-corrected chi connectivity index (χ0v) is 16.2. The van der Waals surface area contributed by atoms with E-state index >= 15 is 0 Å². The molecule has 4 aromatic rings. The molecule has 0 amide bonds. The Bertz CT molecular complexity index is 1090. The molecule has 3 aromatic carbocycles. The summed E-state index contributed by atoms with van der Waals surface area (Å²) in [5, 5.41) is 11.5. The molecule has 4 nitrogen and oxygen atoms in total. The number of fused-ring (bicyclic) bond motifs is 1. The van der Waals surface area contributed by atoms with E-state index in [0.717, 1.165) is 5.56 Å². The van der Waals surface area contributed by atoms with Crippen LogP contribution < -0.4 is 4.74 Å². The SMILES string of the molecule is Clc1cc(Cl)c(OCc2nnc(Cc3ccc4ccccc4c3)o2)c(Cl)c1.